The predicted octanol–water partition coefficient (Wildman–Crippen LogP) is -0.269. The third kappa shape index (κ3) is 1.72. The van der Waals surface area contributed by atoms with Crippen molar-refractivity contribution in [3.63, 3.8) is 0 Å². The smallest absolute Gasteiger partial charge is 0.271 e. The quantitative estimate of drug-likeness (QED) is 0.693. The van der Waals surface area contributed by atoms with Crippen molar-refractivity contribution in [3.05, 3.63) is 24.3 Å². The van der Waals surface area contributed by atoms with Gasteiger partial charge in [0.15, 0.2) is 0 Å². The van der Waals surface area contributed by atoms with Gasteiger partial charge in [-0.05, 0) is 12.8 Å². The highest BCUT2D eigenvalue weighted by atomic mass is 16.3. The molecule has 0 atom stereocenters. The second-order valence-corrected chi connectivity index (χ2v) is 3.48. The van der Waals surface area contributed by atoms with Crippen LogP contribution in [0.4, 0.5) is 0 Å². The van der Waals surface area contributed by atoms with E-state index in [1.54, 1.807) is 0 Å². The molecule has 0 bridgehead atoms. The lowest BCUT2D eigenvalue weighted by molar-refractivity contribution is 0.0901. The summed E-state index contributed by atoms with van der Waals surface area (Å²) in [6, 6.07) is 0. The number of aromatic nitrogens is 2. The molecular weight excluding hydrogens is 182 g/mol. The third-order valence-electron chi connectivity index (χ3n) is 2.33. The minimum absolute atomic E-state index is 0.0149. The van der Waals surface area contributed by atoms with E-state index in [1.807, 2.05) is 0 Å². The van der Waals surface area contributed by atoms with Gasteiger partial charge >= 0.3 is 0 Å². The first kappa shape index (κ1) is 9.08. The molecular formula is C9H11N3O2. The fraction of sp³-hybridized carbons (Fsp3) is 0.444. The van der Waals surface area contributed by atoms with Crippen LogP contribution in [0.25, 0.3) is 0 Å². The summed E-state index contributed by atoms with van der Waals surface area (Å²) >= 11 is 0. The Balaban J connectivity index is 2.03. The molecule has 1 fully saturated rings. The van der Waals surface area contributed by atoms with Gasteiger partial charge in [-0.25, -0.2) is 4.98 Å². The zero-order chi connectivity index (χ0) is 10.0. The van der Waals surface area contributed by atoms with E-state index in [0.29, 0.717) is 0 Å². The molecule has 2 N–H and O–H groups in total. The first-order valence-electron chi connectivity index (χ1n) is 4.45. The molecule has 1 amide bonds. The molecule has 74 valence electrons. The zero-order valence-corrected chi connectivity index (χ0v) is 7.60. The van der Waals surface area contributed by atoms with Crippen LogP contribution in [-0.4, -0.2) is 33.1 Å². The van der Waals surface area contributed by atoms with Crippen molar-refractivity contribution in [3.8, 4) is 0 Å². The van der Waals surface area contributed by atoms with Gasteiger partial charge in [0, 0.05) is 12.4 Å². The number of hydrogen-bond acceptors (Lipinski definition) is 4. The number of nitrogens with zero attached hydrogens (tertiary/aromatic N) is 2. The first-order valence-corrected chi connectivity index (χ1v) is 4.45. The minimum Gasteiger partial charge on any atom is -0.394 e. The highest BCUT2D eigenvalue weighted by Crippen LogP contribution is 2.34. The maximum Gasteiger partial charge on any atom is 0.271 e. The summed E-state index contributed by atoms with van der Waals surface area (Å²) in [5.41, 5.74) is -0.110. The number of hydrogen-bond donors (Lipinski definition) is 2. The zero-order valence-electron chi connectivity index (χ0n) is 7.60. The van der Waals surface area contributed by atoms with Crippen LogP contribution in [0.5, 0.6) is 0 Å². The summed E-state index contributed by atoms with van der Waals surface area (Å²) in [5, 5.41) is 11.7. The summed E-state index contributed by atoms with van der Waals surface area (Å²) in [6.07, 6.45) is 6.04. The van der Waals surface area contributed by atoms with Crippen molar-refractivity contribution in [2.45, 2.75) is 18.4 Å². The van der Waals surface area contributed by atoms with E-state index in [-0.39, 0.29) is 18.2 Å². The maximum atomic E-state index is 11.5. The number of aliphatic hydroxyl groups excluding tert-OH is 1. The standard InChI is InChI=1S/C9H11N3O2/c13-6-9(1-2-9)12-8(14)7-5-10-3-4-11-7/h3-5,13H,1-2,6H2,(H,12,14). The van der Waals surface area contributed by atoms with Gasteiger partial charge in [-0.15, -0.1) is 0 Å². The molecule has 2 rings (SSSR count). The molecule has 1 aliphatic rings. The Bertz CT molecular complexity index is 335. The fourth-order valence-corrected chi connectivity index (χ4v) is 1.19. The van der Waals surface area contributed by atoms with Crippen molar-refractivity contribution >= 4 is 5.91 Å². The maximum absolute atomic E-state index is 11.5. The summed E-state index contributed by atoms with van der Waals surface area (Å²) in [7, 11) is 0. The molecule has 14 heavy (non-hydrogen) atoms. The highest BCUT2D eigenvalue weighted by molar-refractivity contribution is 5.92. The van der Waals surface area contributed by atoms with E-state index in [4.69, 9.17) is 5.11 Å². The summed E-state index contributed by atoms with van der Waals surface area (Å²) < 4.78 is 0. The van der Waals surface area contributed by atoms with Gasteiger partial charge in [0.1, 0.15) is 5.69 Å². The Morgan fingerprint density at radius 2 is 2.36 bits per heavy atom. The van der Waals surface area contributed by atoms with Crippen LogP contribution in [0.1, 0.15) is 23.3 Å². The first-order chi connectivity index (χ1) is 6.76. The molecule has 1 saturated carbocycles. The molecule has 1 heterocycles. The van der Waals surface area contributed by atoms with Crippen LogP contribution in [0.3, 0.4) is 0 Å². The van der Waals surface area contributed by atoms with Crippen molar-refractivity contribution in [1.82, 2.24) is 15.3 Å². The molecule has 1 aliphatic carbocycles. The van der Waals surface area contributed by atoms with E-state index >= 15 is 0 Å². The fourth-order valence-electron chi connectivity index (χ4n) is 1.19. The van der Waals surface area contributed by atoms with Crippen LogP contribution in [-0.2, 0) is 0 Å². The number of rotatable bonds is 3. The van der Waals surface area contributed by atoms with Crippen LogP contribution < -0.4 is 5.32 Å². The van der Waals surface area contributed by atoms with Gasteiger partial charge < -0.3 is 10.4 Å². The van der Waals surface area contributed by atoms with Crippen LogP contribution in [0.2, 0.25) is 0 Å². The van der Waals surface area contributed by atoms with Crippen LogP contribution in [0, 0.1) is 0 Å². The van der Waals surface area contributed by atoms with Crippen LogP contribution in [0.15, 0.2) is 18.6 Å². The molecule has 5 heteroatoms. The summed E-state index contributed by atoms with van der Waals surface area (Å²) in [4.78, 5) is 19.2. The lowest BCUT2D eigenvalue weighted by Gasteiger charge is -2.13. The third-order valence-corrected chi connectivity index (χ3v) is 2.33. The number of aliphatic hydroxyl groups is 1. The Hall–Kier alpha value is -1.49. The van der Waals surface area contributed by atoms with Crippen LogP contribution >= 0.6 is 0 Å². The lowest BCUT2D eigenvalue weighted by Crippen LogP contribution is -2.39. The molecule has 1 aromatic rings. The van der Waals surface area contributed by atoms with Gasteiger partial charge in [-0.1, -0.05) is 0 Å². The second kappa shape index (κ2) is 3.34. The van der Waals surface area contributed by atoms with Crippen molar-refractivity contribution in [2.24, 2.45) is 0 Å². The van der Waals surface area contributed by atoms with Crippen molar-refractivity contribution in [2.75, 3.05) is 6.61 Å². The van der Waals surface area contributed by atoms with E-state index in [0.717, 1.165) is 12.8 Å². The van der Waals surface area contributed by atoms with Gasteiger partial charge in [0.25, 0.3) is 5.91 Å². The largest absolute Gasteiger partial charge is 0.394 e. The van der Waals surface area contributed by atoms with Gasteiger partial charge in [-0.3, -0.25) is 9.78 Å². The molecule has 0 saturated heterocycles. The Morgan fingerprint density at radius 1 is 1.57 bits per heavy atom. The van der Waals surface area contributed by atoms with Gasteiger partial charge in [0.2, 0.25) is 0 Å². The van der Waals surface area contributed by atoms with E-state index in [9.17, 15) is 4.79 Å². The number of carbonyl (C=O) groups is 1. The van der Waals surface area contributed by atoms with Gasteiger partial charge in [0.05, 0.1) is 18.3 Å². The number of nitrogens with one attached hydrogen (secondary N) is 1. The summed E-state index contributed by atoms with van der Waals surface area (Å²) in [6.45, 7) is -0.0149. The van der Waals surface area contributed by atoms with E-state index in [1.165, 1.54) is 18.6 Å². The van der Waals surface area contributed by atoms with Gasteiger partial charge in [-0.2, -0.15) is 0 Å². The number of carbonyl (C=O) groups excluding carboxylic acids is 1. The number of amides is 1. The minimum atomic E-state index is -0.394. The average molecular weight is 193 g/mol. The Labute approximate surface area is 81.2 Å². The molecule has 0 radical (unpaired) electrons. The highest BCUT2D eigenvalue weighted by Gasteiger charge is 2.43. The van der Waals surface area contributed by atoms with E-state index < -0.39 is 5.54 Å². The SMILES string of the molecule is O=C(NC1(CO)CC1)c1cnccn1. The molecule has 0 unspecified atom stereocenters. The Kier molecular flexibility index (Phi) is 2.17. The lowest BCUT2D eigenvalue weighted by atomic mass is 10.3. The van der Waals surface area contributed by atoms with Crippen molar-refractivity contribution < 1.29 is 9.90 Å². The molecule has 5 nitrogen and oxygen atoms in total. The molecule has 0 aromatic carbocycles. The Morgan fingerprint density at radius 3 is 2.86 bits per heavy atom. The summed E-state index contributed by atoms with van der Waals surface area (Å²) in [5.74, 6) is -0.273. The van der Waals surface area contributed by atoms with Crippen molar-refractivity contribution in [1.29, 1.82) is 0 Å². The normalized spacial score (nSPS) is 17.5. The second-order valence-electron chi connectivity index (χ2n) is 3.48. The topological polar surface area (TPSA) is 75.1 Å². The monoisotopic (exact) mass is 193 g/mol. The molecule has 1 aromatic heterocycles. The predicted molar refractivity (Wildman–Crippen MR) is 48.5 cm³/mol. The molecule has 0 aliphatic heterocycles. The van der Waals surface area contributed by atoms with E-state index in [2.05, 4.69) is 15.3 Å². The molecule has 0 spiro atoms. The average Bonchev–Trinajstić information content (AvgIpc) is 3.00.